The molecule has 0 atom stereocenters. The molecule has 0 unspecified atom stereocenters. The molecule has 1 fully saturated rings. The Bertz CT molecular complexity index is 654. The minimum absolute atomic E-state index is 0.0752. The highest BCUT2D eigenvalue weighted by Gasteiger charge is 2.19. The van der Waals surface area contributed by atoms with E-state index in [-0.39, 0.29) is 5.91 Å². The molecular weight excluding hydrogens is 290 g/mol. The van der Waals surface area contributed by atoms with Crippen molar-refractivity contribution in [2.24, 2.45) is 0 Å². The Morgan fingerprint density at radius 3 is 2.65 bits per heavy atom. The highest BCUT2D eigenvalue weighted by Crippen LogP contribution is 2.20. The second kappa shape index (κ2) is 7.24. The Labute approximate surface area is 136 Å². The number of carbonyl (C=O) groups is 1. The van der Waals surface area contributed by atoms with Crippen LogP contribution in [0.1, 0.15) is 17.4 Å². The zero-order chi connectivity index (χ0) is 16.1. The van der Waals surface area contributed by atoms with Gasteiger partial charge >= 0.3 is 0 Å². The van der Waals surface area contributed by atoms with Gasteiger partial charge in [0.15, 0.2) is 0 Å². The van der Waals surface area contributed by atoms with Crippen molar-refractivity contribution in [1.82, 2.24) is 4.98 Å². The van der Waals surface area contributed by atoms with Crippen LogP contribution >= 0.6 is 0 Å². The zero-order valence-electron chi connectivity index (χ0n) is 13.3. The summed E-state index contributed by atoms with van der Waals surface area (Å²) in [5, 5.41) is 0. The van der Waals surface area contributed by atoms with Crippen molar-refractivity contribution in [2.75, 3.05) is 42.6 Å². The summed E-state index contributed by atoms with van der Waals surface area (Å²) in [5.74, 6) is -0.0752. The molecule has 5 nitrogen and oxygen atoms in total. The van der Waals surface area contributed by atoms with E-state index in [1.807, 2.05) is 49.4 Å². The average Bonchev–Trinajstić information content (AvgIpc) is 2.64. The lowest BCUT2D eigenvalue weighted by atomic mass is 10.2. The number of hydrogen-bond acceptors (Lipinski definition) is 4. The van der Waals surface area contributed by atoms with Gasteiger partial charge in [0.2, 0.25) is 0 Å². The third-order valence-electron chi connectivity index (χ3n) is 3.97. The van der Waals surface area contributed by atoms with Crippen molar-refractivity contribution in [3.8, 4) is 0 Å². The number of amides is 1. The number of aromatic nitrogens is 1. The molecule has 23 heavy (non-hydrogen) atoms. The van der Waals surface area contributed by atoms with Gasteiger partial charge in [-0.1, -0.05) is 18.2 Å². The monoisotopic (exact) mass is 311 g/mol. The van der Waals surface area contributed by atoms with Crippen LogP contribution in [0.4, 0.5) is 11.4 Å². The van der Waals surface area contributed by atoms with Gasteiger partial charge in [0.1, 0.15) is 5.69 Å². The Morgan fingerprint density at radius 1 is 1.22 bits per heavy atom. The lowest BCUT2D eigenvalue weighted by Gasteiger charge is -2.29. The molecule has 3 rings (SSSR count). The minimum Gasteiger partial charge on any atom is -0.378 e. The smallest absolute Gasteiger partial charge is 0.276 e. The molecule has 0 radical (unpaired) electrons. The Hall–Kier alpha value is -2.40. The van der Waals surface area contributed by atoms with E-state index in [4.69, 9.17) is 4.74 Å². The van der Waals surface area contributed by atoms with E-state index in [2.05, 4.69) is 9.88 Å². The van der Waals surface area contributed by atoms with Gasteiger partial charge in [0.25, 0.3) is 5.91 Å². The molecular formula is C18H21N3O2. The van der Waals surface area contributed by atoms with Crippen LogP contribution in [0.15, 0.2) is 48.7 Å². The molecule has 0 aliphatic carbocycles. The number of benzene rings is 1. The van der Waals surface area contributed by atoms with Crippen LogP contribution in [0, 0.1) is 0 Å². The van der Waals surface area contributed by atoms with Gasteiger partial charge in [-0.05, 0) is 31.2 Å². The summed E-state index contributed by atoms with van der Waals surface area (Å²) < 4.78 is 5.38. The quantitative estimate of drug-likeness (QED) is 0.870. The number of anilines is 2. The van der Waals surface area contributed by atoms with Gasteiger partial charge in [-0.3, -0.25) is 9.78 Å². The SMILES string of the molecule is CCN(C(=O)c1cc(N2CCOCC2)ccn1)c1ccccc1. The standard InChI is InChI=1S/C18H21N3O2/c1-2-21(15-6-4-3-5-7-15)18(22)17-14-16(8-9-19-17)20-10-12-23-13-11-20/h3-9,14H,2,10-13H2,1H3. The van der Waals surface area contributed by atoms with E-state index in [0.29, 0.717) is 12.2 Å². The number of rotatable bonds is 4. The molecule has 1 aliphatic rings. The molecule has 1 amide bonds. The predicted octanol–water partition coefficient (Wildman–Crippen LogP) is 2.58. The molecule has 1 saturated heterocycles. The first kappa shape index (κ1) is 15.5. The van der Waals surface area contributed by atoms with E-state index in [0.717, 1.165) is 37.7 Å². The molecule has 2 aromatic rings. The summed E-state index contributed by atoms with van der Waals surface area (Å²) in [7, 11) is 0. The number of pyridine rings is 1. The van der Waals surface area contributed by atoms with Crippen LogP contribution < -0.4 is 9.80 Å². The Morgan fingerprint density at radius 2 is 1.96 bits per heavy atom. The number of nitrogens with zero attached hydrogens (tertiary/aromatic N) is 3. The van der Waals surface area contributed by atoms with Crippen LogP contribution in [-0.2, 0) is 4.74 Å². The number of hydrogen-bond donors (Lipinski definition) is 0. The van der Waals surface area contributed by atoms with E-state index in [9.17, 15) is 4.79 Å². The lowest BCUT2D eigenvalue weighted by Crippen LogP contribution is -2.36. The maximum atomic E-state index is 12.8. The highest BCUT2D eigenvalue weighted by molar-refractivity contribution is 6.05. The number of carbonyl (C=O) groups excluding carboxylic acids is 1. The maximum Gasteiger partial charge on any atom is 0.276 e. The molecule has 1 aliphatic heterocycles. The van der Waals surface area contributed by atoms with Crippen molar-refractivity contribution in [3.05, 3.63) is 54.4 Å². The van der Waals surface area contributed by atoms with Gasteiger partial charge in [-0.15, -0.1) is 0 Å². The first-order valence-corrected chi connectivity index (χ1v) is 7.95. The second-order valence-electron chi connectivity index (χ2n) is 5.38. The van der Waals surface area contributed by atoms with Crippen LogP contribution in [-0.4, -0.2) is 43.7 Å². The molecule has 2 heterocycles. The topological polar surface area (TPSA) is 45.7 Å². The first-order chi connectivity index (χ1) is 11.3. The summed E-state index contributed by atoms with van der Waals surface area (Å²) >= 11 is 0. The van der Waals surface area contributed by atoms with E-state index >= 15 is 0 Å². The van der Waals surface area contributed by atoms with Crippen molar-refractivity contribution < 1.29 is 9.53 Å². The molecule has 120 valence electrons. The molecule has 0 spiro atoms. The summed E-state index contributed by atoms with van der Waals surface area (Å²) in [6.45, 7) is 5.69. The zero-order valence-corrected chi connectivity index (χ0v) is 13.3. The second-order valence-corrected chi connectivity index (χ2v) is 5.38. The summed E-state index contributed by atoms with van der Waals surface area (Å²) in [6.07, 6.45) is 1.71. The van der Waals surface area contributed by atoms with E-state index in [1.165, 1.54) is 0 Å². The van der Waals surface area contributed by atoms with Gasteiger partial charge in [-0.25, -0.2) is 0 Å². The van der Waals surface area contributed by atoms with E-state index in [1.54, 1.807) is 11.1 Å². The van der Waals surface area contributed by atoms with Gasteiger partial charge in [-0.2, -0.15) is 0 Å². The summed E-state index contributed by atoms with van der Waals surface area (Å²) in [5.41, 5.74) is 2.38. The number of para-hydroxylation sites is 1. The summed E-state index contributed by atoms with van der Waals surface area (Å²) in [4.78, 5) is 21.1. The number of morpholine rings is 1. The van der Waals surface area contributed by atoms with Crippen LogP contribution in [0.25, 0.3) is 0 Å². The normalized spacial score (nSPS) is 14.6. The molecule has 0 N–H and O–H groups in total. The van der Waals surface area contributed by atoms with E-state index < -0.39 is 0 Å². The van der Waals surface area contributed by atoms with Crippen molar-refractivity contribution in [3.63, 3.8) is 0 Å². The Kier molecular flexibility index (Phi) is 4.88. The van der Waals surface area contributed by atoms with Gasteiger partial charge in [0, 0.05) is 37.2 Å². The molecule has 5 heteroatoms. The van der Waals surface area contributed by atoms with Crippen LogP contribution in [0.2, 0.25) is 0 Å². The maximum absolute atomic E-state index is 12.8. The molecule has 1 aromatic heterocycles. The molecule has 0 bridgehead atoms. The highest BCUT2D eigenvalue weighted by atomic mass is 16.5. The third kappa shape index (κ3) is 3.51. The fourth-order valence-corrected chi connectivity index (χ4v) is 2.74. The Balaban J connectivity index is 1.84. The minimum atomic E-state index is -0.0752. The lowest BCUT2D eigenvalue weighted by molar-refractivity contribution is 0.0983. The summed E-state index contributed by atoms with van der Waals surface area (Å²) in [6, 6.07) is 13.5. The predicted molar refractivity (Wildman–Crippen MR) is 91.1 cm³/mol. The number of ether oxygens (including phenoxy) is 1. The molecule has 1 aromatic carbocycles. The van der Waals surface area contributed by atoms with Gasteiger partial charge < -0.3 is 14.5 Å². The van der Waals surface area contributed by atoms with Crippen molar-refractivity contribution in [2.45, 2.75) is 6.92 Å². The van der Waals surface area contributed by atoms with Crippen LogP contribution in [0.5, 0.6) is 0 Å². The largest absolute Gasteiger partial charge is 0.378 e. The van der Waals surface area contributed by atoms with Gasteiger partial charge in [0.05, 0.1) is 13.2 Å². The first-order valence-electron chi connectivity index (χ1n) is 7.95. The molecule has 0 saturated carbocycles. The fraction of sp³-hybridized carbons (Fsp3) is 0.333. The van der Waals surface area contributed by atoms with Crippen molar-refractivity contribution in [1.29, 1.82) is 0 Å². The average molecular weight is 311 g/mol. The van der Waals surface area contributed by atoms with Crippen molar-refractivity contribution >= 4 is 17.3 Å². The fourth-order valence-electron chi connectivity index (χ4n) is 2.74. The van der Waals surface area contributed by atoms with Crippen LogP contribution in [0.3, 0.4) is 0 Å². The third-order valence-corrected chi connectivity index (χ3v) is 3.97.